The summed E-state index contributed by atoms with van der Waals surface area (Å²) < 4.78 is 51.6. The number of hydrogen-bond donors (Lipinski definition) is 2. The van der Waals surface area contributed by atoms with Gasteiger partial charge in [-0.15, -0.1) is 0 Å². The summed E-state index contributed by atoms with van der Waals surface area (Å²) in [7, 11) is -2.71. The zero-order chi connectivity index (χ0) is 24.1. The molecule has 0 aromatic rings. The molecule has 196 valence electrons. The first-order valence-electron chi connectivity index (χ1n) is 12.4. The van der Waals surface area contributed by atoms with Crippen molar-refractivity contribution in [3.05, 3.63) is 0 Å². The predicted octanol–water partition coefficient (Wildman–Crippen LogP) is 6.81. The molecule has 0 aliphatic carbocycles. The van der Waals surface area contributed by atoms with E-state index in [9.17, 15) is 23.0 Å². The van der Waals surface area contributed by atoms with E-state index < -0.39 is 26.6 Å². The third-order valence-electron chi connectivity index (χ3n) is 5.50. The van der Waals surface area contributed by atoms with Crippen LogP contribution in [0.1, 0.15) is 96.8 Å². The van der Waals surface area contributed by atoms with Crippen LogP contribution in [0, 0.1) is 5.92 Å². The fraction of sp³-hybridized carbons (Fsp3) is 1.00. The van der Waals surface area contributed by atoms with E-state index in [1.165, 1.54) is 77.7 Å². The van der Waals surface area contributed by atoms with Crippen molar-refractivity contribution in [1.29, 1.82) is 0 Å². The van der Waals surface area contributed by atoms with Gasteiger partial charge in [0.15, 0.2) is 0 Å². The van der Waals surface area contributed by atoms with Crippen molar-refractivity contribution in [3.63, 3.8) is 0 Å². The van der Waals surface area contributed by atoms with Crippen LogP contribution in [-0.4, -0.2) is 55.7 Å². The number of unbranched alkanes of at least 4 members (excludes halogenated alkanes) is 13. The topological polar surface area (TPSA) is 68.2 Å². The van der Waals surface area contributed by atoms with Gasteiger partial charge in [0.05, 0.1) is 0 Å². The maximum atomic E-state index is 12.2. The Morgan fingerprint density at radius 2 is 1.16 bits per heavy atom. The van der Waals surface area contributed by atoms with Crippen molar-refractivity contribution in [1.82, 2.24) is 0 Å². The third-order valence-corrected chi connectivity index (χ3v) is 7.26. The molecule has 0 bridgehead atoms. The molecule has 9 heteroatoms. The number of ether oxygens (including phenoxy) is 2. The van der Waals surface area contributed by atoms with Gasteiger partial charge in [0.2, 0.25) is 0 Å². The summed E-state index contributed by atoms with van der Waals surface area (Å²) in [5, 5.41) is 0. The average molecular weight is 493 g/mol. The molecule has 5 nitrogen and oxygen atoms in total. The SMILES string of the molecule is CCCCCCCCCCCCCCCCOCC(COCC(F)(F)F)C[PH](O)(O)OC. The van der Waals surface area contributed by atoms with Crippen LogP contribution >= 0.6 is 7.94 Å². The van der Waals surface area contributed by atoms with Gasteiger partial charge < -0.3 is 0 Å². The van der Waals surface area contributed by atoms with Crippen molar-refractivity contribution in [3.8, 4) is 0 Å². The van der Waals surface area contributed by atoms with Crippen LogP contribution in [0.5, 0.6) is 0 Å². The van der Waals surface area contributed by atoms with E-state index in [0.717, 1.165) is 19.3 Å². The molecule has 0 rings (SSSR count). The zero-order valence-corrected chi connectivity index (χ0v) is 21.3. The van der Waals surface area contributed by atoms with E-state index in [-0.39, 0.29) is 19.4 Å². The van der Waals surface area contributed by atoms with Gasteiger partial charge in [-0.3, -0.25) is 0 Å². The van der Waals surface area contributed by atoms with Gasteiger partial charge in [0.25, 0.3) is 0 Å². The van der Waals surface area contributed by atoms with Gasteiger partial charge in [-0.05, 0) is 0 Å². The Kier molecular flexibility index (Phi) is 20.4. The summed E-state index contributed by atoms with van der Waals surface area (Å²) in [4.78, 5) is 19.5. The predicted molar refractivity (Wildman–Crippen MR) is 126 cm³/mol. The first kappa shape index (κ1) is 32.0. The Hall–Kier alpha value is 0.0200. The molecule has 2 N–H and O–H groups in total. The molecule has 0 radical (unpaired) electrons. The van der Waals surface area contributed by atoms with E-state index in [4.69, 9.17) is 4.74 Å². The van der Waals surface area contributed by atoms with Crippen molar-refractivity contribution in [2.45, 2.75) is 103 Å². The van der Waals surface area contributed by atoms with Crippen molar-refractivity contribution in [2.24, 2.45) is 5.92 Å². The molecule has 0 saturated carbocycles. The fourth-order valence-corrected chi connectivity index (χ4v) is 4.77. The molecule has 0 saturated heterocycles. The van der Waals surface area contributed by atoms with Crippen LogP contribution in [0.15, 0.2) is 0 Å². The summed E-state index contributed by atoms with van der Waals surface area (Å²) in [5.74, 6) is -0.550. The van der Waals surface area contributed by atoms with E-state index in [1.54, 1.807) is 0 Å². The van der Waals surface area contributed by atoms with Gasteiger partial charge in [-0.2, -0.15) is 0 Å². The number of rotatable bonds is 23. The average Bonchev–Trinajstić information content (AvgIpc) is 2.72. The van der Waals surface area contributed by atoms with Crippen LogP contribution < -0.4 is 0 Å². The van der Waals surface area contributed by atoms with E-state index in [0.29, 0.717) is 6.61 Å². The Labute approximate surface area is 194 Å². The molecule has 32 heavy (non-hydrogen) atoms. The minimum absolute atomic E-state index is 0.121. The second-order valence-corrected chi connectivity index (χ2v) is 11.1. The Balaban J connectivity index is 3.67. The Bertz CT molecular complexity index is 412. The summed E-state index contributed by atoms with van der Waals surface area (Å²) in [6, 6.07) is 0. The molecule has 0 aliphatic rings. The standard InChI is InChI=1S/C23H48F3O5P/c1-3-4-5-6-7-8-9-10-11-12-13-14-15-16-17-30-18-22(20-32(27,28)29-2)19-31-21-23(24,25)26/h22,27-28,32H,3-21H2,1-2H3. The van der Waals surface area contributed by atoms with Gasteiger partial charge in [0.1, 0.15) is 0 Å². The van der Waals surface area contributed by atoms with Gasteiger partial charge in [-0.1, -0.05) is 51.9 Å². The molecule has 1 unspecified atom stereocenters. The van der Waals surface area contributed by atoms with Crippen molar-refractivity contribution < 1.29 is 37.0 Å². The summed E-state index contributed by atoms with van der Waals surface area (Å²) >= 11 is 0. The van der Waals surface area contributed by atoms with Gasteiger partial charge in [-0.25, -0.2) is 0 Å². The van der Waals surface area contributed by atoms with Crippen molar-refractivity contribution in [2.75, 3.05) is 39.7 Å². The Morgan fingerprint density at radius 3 is 1.59 bits per heavy atom. The van der Waals surface area contributed by atoms with Gasteiger partial charge >= 0.3 is 142 Å². The van der Waals surface area contributed by atoms with Crippen LogP contribution in [-0.2, 0) is 14.0 Å². The number of halogens is 3. The molecule has 0 amide bonds. The summed E-state index contributed by atoms with van der Waals surface area (Å²) in [6.07, 6.45) is 13.2. The quantitative estimate of drug-likeness (QED) is 0.121. The second kappa shape index (κ2) is 20.4. The summed E-state index contributed by atoms with van der Waals surface area (Å²) in [5.41, 5.74) is 0. The zero-order valence-electron chi connectivity index (χ0n) is 20.3. The first-order chi connectivity index (χ1) is 15.2. The first-order valence-corrected chi connectivity index (χ1v) is 14.4. The molecule has 0 spiro atoms. The molecular formula is C23H48F3O5P. The molecule has 0 aliphatic heterocycles. The minimum atomic E-state index is -4.41. The molecule has 0 heterocycles. The van der Waals surface area contributed by atoms with E-state index in [2.05, 4.69) is 16.2 Å². The van der Waals surface area contributed by atoms with Crippen LogP contribution in [0.25, 0.3) is 0 Å². The van der Waals surface area contributed by atoms with Crippen LogP contribution in [0.4, 0.5) is 13.2 Å². The molecule has 1 atom stereocenters. The monoisotopic (exact) mass is 492 g/mol. The Morgan fingerprint density at radius 1 is 0.719 bits per heavy atom. The maximum absolute atomic E-state index is 12.2. The summed E-state index contributed by atoms with van der Waals surface area (Å²) in [6.45, 7) is 1.26. The number of alkyl halides is 3. The second-order valence-electron chi connectivity index (χ2n) is 8.82. The van der Waals surface area contributed by atoms with E-state index in [1.807, 2.05) is 0 Å². The molecule has 0 aromatic carbocycles. The van der Waals surface area contributed by atoms with Gasteiger partial charge in [0, 0.05) is 0 Å². The normalized spacial score (nSPS) is 14.1. The fourth-order valence-electron chi connectivity index (χ4n) is 3.62. The van der Waals surface area contributed by atoms with Crippen LogP contribution in [0.2, 0.25) is 0 Å². The van der Waals surface area contributed by atoms with Crippen LogP contribution in [0.3, 0.4) is 0 Å². The number of hydrogen-bond acceptors (Lipinski definition) is 5. The molecule has 0 fully saturated rings. The molecular weight excluding hydrogens is 444 g/mol. The third kappa shape index (κ3) is 23.2. The van der Waals surface area contributed by atoms with E-state index >= 15 is 0 Å². The van der Waals surface area contributed by atoms with Crippen molar-refractivity contribution >= 4 is 7.94 Å². The molecule has 0 aromatic heterocycles.